The molecule has 3 rings (SSSR count). The number of fused-ring (bicyclic) bond motifs is 1. The Morgan fingerprint density at radius 1 is 1.33 bits per heavy atom. The predicted octanol–water partition coefficient (Wildman–Crippen LogP) is 3.57. The van der Waals surface area contributed by atoms with Gasteiger partial charge in [-0.25, -0.2) is 15.0 Å². The summed E-state index contributed by atoms with van der Waals surface area (Å²) in [6.45, 7) is 7.34. The second kappa shape index (κ2) is 5.81. The normalized spacial score (nSPS) is 12.7. The molecule has 0 radical (unpaired) electrons. The first-order valence-electron chi connectivity index (χ1n) is 7.09. The molecule has 0 aliphatic rings. The molecule has 0 saturated heterocycles. The van der Waals surface area contributed by atoms with Gasteiger partial charge in [-0.15, -0.1) is 11.3 Å². The number of aromatic nitrogens is 4. The molecule has 6 heteroatoms. The van der Waals surface area contributed by atoms with Crippen molar-refractivity contribution >= 4 is 27.4 Å². The lowest BCUT2D eigenvalue weighted by atomic mass is 10.2. The van der Waals surface area contributed by atoms with Gasteiger partial charge < -0.3 is 9.88 Å². The number of aryl methyl sites for hydroxylation is 2. The van der Waals surface area contributed by atoms with E-state index >= 15 is 0 Å². The van der Waals surface area contributed by atoms with E-state index in [4.69, 9.17) is 0 Å². The van der Waals surface area contributed by atoms with E-state index in [1.54, 1.807) is 17.7 Å². The molecule has 1 N–H and O–H groups in total. The van der Waals surface area contributed by atoms with Gasteiger partial charge in [-0.3, -0.25) is 0 Å². The van der Waals surface area contributed by atoms with E-state index < -0.39 is 0 Å². The third-order valence-electron chi connectivity index (χ3n) is 3.85. The van der Waals surface area contributed by atoms with E-state index in [0.717, 1.165) is 29.0 Å². The van der Waals surface area contributed by atoms with E-state index in [2.05, 4.69) is 45.6 Å². The molecular formula is C15H19N5S. The second-order valence-electron chi connectivity index (χ2n) is 5.26. The smallest absolute Gasteiger partial charge is 0.138 e. The van der Waals surface area contributed by atoms with Gasteiger partial charge in [0.1, 0.15) is 17.0 Å². The highest BCUT2D eigenvalue weighted by Crippen LogP contribution is 2.32. The Hall–Kier alpha value is -1.95. The van der Waals surface area contributed by atoms with E-state index in [1.165, 1.54) is 10.4 Å². The van der Waals surface area contributed by atoms with Crippen LogP contribution in [0, 0.1) is 13.8 Å². The second-order valence-corrected chi connectivity index (χ2v) is 6.46. The zero-order valence-electron chi connectivity index (χ0n) is 12.5. The molecule has 0 saturated carbocycles. The third kappa shape index (κ3) is 2.76. The fourth-order valence-electron chi connectivity index (χ4n) is 2.40. The summed E-state index contributed by atoms with van der Waals surface area (Å²) in [6.07, 6.45) is 8.33. The van der Waals surface area contributed by atoms with Crippen LogP contribution in [0.4, 0.5) is 5.82 Å². The summed E-state index contributed by atoms with van der Waals surface area (Å²) in [5, 5.41) is 4.62. The standard InChI is InChI=1S/C15H19N5S/c1-10(20-7-6-16-9-20)4-5-17-14-13-11(2)12(3)21-15(13)19-8-18-14/h6-10H,4-5H2,1-3H3,(H,17,18,19)/t10-/m0/s1. The number of rotatable bonds is 5. The quantitative estimate of drug-likeness (QED) is 0.782. The van der Waals surface area contributed by atoms with Crippen molar-refractivity contribution in [1.82, 2.24) is 19.5 Å². The molecule has 0 spiro atoms. The summed E-state index contributed by atoms with van der Waals surface area (Å²) >= 11 is 1.73. The lowest BCUT2D eigenvalue weighted by molar-refractivity contribution is 0.519. The van der Waals surface area contributed by atoms with Gasteiger partial charge in [-0.2, -0.15) is 0 Å². The molecule has 0 bridgehead atoms. The van der Waals surface area contributed by atoms with Crippen molar-refractivity contribution < 1.29 is 0 Å². The molecule has 0 unspecified atom stereocenters. The largest absolute Gasteiger partial charge is 0.369 e. The van der Waals surface area contributed by atoms with Crippen LogP contribution in [0.15, 0.2) is 25.0 Å². The summed E-state index contributed by atoms with van der Waals surface area (Å²) in [5.74, 6) is 0.944. The van der Waals surface area contributed by atoms with Crippen LogP contribution in [-0.2, 0) is 0 Å². The van der Waals surface area contributed by atoms with Crippen molar-refractivity contribution in [3.8, 4) is 0 Å². The Labute approximate surface area is 128 Å². The highest BCUT2D eigenvalue weighted by Gasteiger charge is 2.12. The topological polar surface area (TPSA) is 55.6 Å². The first-order chi connectivity index (χ1) is 10.2. The first-order valence-corrected chi connectivity index (χ1v) is 7.90. The molecule has 3 heterocycles. The molecule has 0 amide bonds. The fraction of sp³-hybridized carbons (Fsp3) is 0.400. The van der Waals surface area contributed by atoms with Gasteiger partial charge in [0.2, 0.25) is 0 Å². The zero-order chi connectivity index (χ0) is 14.8. The number of hydrogen-bond donors (Lipinski definition) is 1. The van der Waals surface area contributed by atoms with Crippen LogP contribution in [-0.4, -0.2) is 26.1 Å². The van der Waals surface area contributed by atoms with Crippen molar-refractivity contribution in [2.24, 2.45) is 0 Å². The van der Waals surface area contributed by atoms with Crippen LogP contribution in [0.5, 0.6) is 0 Å². The van der Waals surface area contributed by atoms with Crippen LogP contribution in [0.25, 0.3) is 10.2 Å². The number of nitrogens with one attached hydrogen (secondary N) is 1. The van der Waals surface area contributed by atoms with Gasteiger partial charge >= 0.3 is 0 Å². The van der Waals surface area contributed by atoms with Crippen molar-refractivity contribution in [2.45, 2.75) is 33.2 Å². The SMILES string of the molecule is Cc1sc2ncnc(NCC[C@H](C)n3ccnc3)c2c1C. The van der Waals surface area contributed by atoms with E-state index in [0.29, 0.717) is 6.04 Å². The Bertz CT molecular complexity index is 732. The number of thiophene rings is 1. The minimum atomic E-state index is 0.419. The highest BCUT2D eigenvalue weighted by atomic mass is 32.1. The molecule has 110 valence electrons. The van der Waals surface area contributed by atoms with Crippen molar-refractivity contribution in [3.05, 3.63) is 35.5 Å². The Morgan fingerprint density at radius 3 is 2.95 bits per heavy atom. The van der Waals surface area contributed by atoms with Crippen LogP contribution < -0.4 is 5.32 Å². The Morgan fingerprint density at radius 2 is 2.19 bits per heavy atom. The summed E-state index contributed by atoms with van der Waals surface area (Å²) in [4.78, 5) is 15.2. The number of anilines is 1. The average molecular weight is 301 g/mol. The van der Waals surface area contributed by atoms with Crippen LogP contribution >= 0.6 is 11.3 Å². The predicted molar refractivity (Wildman–Crippen MR) is 86.9 cm³/mol. The molecule has 21 heavy (non-hydrogen) atoms. The van der Waals surface area contributed by atoms with E-state index in [9.17, 15) is 0 Å². The maximum atomic E-state index is 4.41. The van der Waals surface area contributed by atoms with Crippen molar-refractivity contribution in [2.75, 3.05) is 11.9 Å². The molecule has 3 aromatic heterocycles. The lowest BCUT2D eigenvalue weighted by Crippen LogP contribution is -2.11. The summed E-state index contributed by atoms with van der Waals surface area (Å²) in [7, 11) is 0. The first kappa shape index (κ1) is 14.0. The lowest BCUT2D eigenvalue weighted by Gasteiger charge is -2.14. The Balaban J connectivity index is 1.71. The average Bonchev–Trinajstić information content (AvgIpc) is 3.09. The molecule has 3 aromatic rings. The summed E-state index contributed by atoms with van der Waals surface area (Å²) in [6, 6.07) is 0.419. The molecule has 5 nitrogen and oxygen atoms in total. The van der Waals surface area contributed by atoms with Gasteiger partial charge in [0.05, 0.1) is 11.7 Å². The summed E-state index contributed by atoms with van der Waals surface area (Å²) < 4.78 is 2.12. The molecular weight excluding hydrogens is 282 g/mol. The molecule has 1 atom stereocenters. The molecule has 0 aliphatic carbocycles. The number of imidazole rings is 1. The summed E-state index contributed by atoms with van der Waals surface area (Å²) in [5.41, 5.74) is 1.28. The Kier molecular flexibility index (Phi) is 3.88. The van der Waals surface area contributed by atoms with E-state index in [1.807, 2.05) is 18.7 Å². The van der Waals surface area contributed by atoms with Gasteiger partial charge in [0.25, 0.3) is 0 Å². The maximum Gasteiger partial charge on any atom is 0.138 e. The molecule has 0 fully saturated rings. The van der Waals surface area contributed by atoms with Crippen molar-refractivity contribution in [1.29, 1.82) is 0 Å². The minimum absolute atomic E-state index is 0.419. The molecule has 0 aromatic carbocycles. The monoisotopic (exact) mass is 301 g/mol. The maximum absolute atomic E-state index is 4.41. The highest BCUT2D eigenvalue weighted by molar-refractivity contribution is 7.18. The van der Waals surface area contributed by atoms with Crippen molar-refractivity contribution in [3.63, 3.8) is 0 Å². The number of nitrogens with zero attached hydrogens (tertiary/aromatic N) is 4. The van der Waals surface area contributed by atoms with Gasteiger partial charge in [0.15, 0.2) is 0 Å². The third-order valence-corrected chi connectivity index (χ3v) is 4.97. The zero-order valence-corrected chi connectivity index (χ0v) is 13.3. The van der Waals surface area contributed by atoms with Crippen LogP contribution in [0.2, 0.25) is 0 Å². The van der Waals surface area contributed by atoms with Gasteiger partial charge in [-0.05, 0) is 32.8 Å². The van der Waals surface area contributed by atoms with Crippen LogP contribution in [0.1, 0.15) is 29.8 Å². The van der Waals surface area contributed by atoms with Gasteiger partial charge in [-0.1, -0.05) is 0 Å². The van der Waals surface area contributed by atoms with E-state index in [-0.39, 0.29) is 0 Å². The minimum Gasteiger partial charge on any atom is -0.369 e. The van der Waals surface area contributed by atoms with Crippen LogP contribution in [0.3, 0.4) is 0 Å². The number of hydrogen-bond acceptors (Lipinski definition) is 5. The molecule has 0 aliphatic heterocycles. The van der Waals surface area contributed by atoms with Gasteiger partial charge in [0, 0.05) is 29.9 Å². The fourth-order valence-corrected chi connectivity index (χ4v) is 3.39.